The van der Waals surface area contributed by atoms with Crippen LogP contribution >= 0.6 is 11.8 Å². The summed E-state index contributed by atoms with van der Waals surface area (Å²) >= 11 is 1.56. The molecule has 0 heterocycles. The highest BCUT2D eigenvalue weighted by Gasteiger charge is 2.11. The maximum Gasteiger partial charge on any atom is 0.150 e. The third-order valence-electron chi connectivity index (χ3n) is 3.75. The molecule has 4 heteroatoms. The SMILES string of the molecule is C=C(SC)/C(=C\c1c(C)cc(O)cc1OC)c1ccc(C=O)cc1.CC. The van der Waals surface area contributed by atoms with Gasteiger partial charge in [-0.2, -0.15) is 0 Å². The predicted octanol–water partition coefficient (Wildman–Crippen LogP) is 5.97. The van der Waals surface area contributed by atoms with Crippen molar-refractivity contribution < 1.29 is 14.6 Å². The normalized spacial score (nSPS) is 10.6. The Morgan fingerprint density at radius 2 is 1.81 bits per heavy atom. The van der Waals surface area contributed by atoms with Crippen LogP contribution in [0.2, 0.25) is 0 Å². The Kier molecular flexibility index (Phi) is 8.73. The molecule has 1 N–H and O–H groups in total. The summed E-state index contributed by atoms with van der Waals surface area (Å²) in [5.74, 6) is 0.769. The zero-order chi connectivity index (χ0) is 19.7. The maximum absolute atomic E-state index is 10.9. The average molecular weight is 371 g/mol. The van der Waals surface area contributed by atoms with Gasteiger partial charge in [-0.05, 0) is 42.0 Å². The fourth-order valence-corrected chi connectivity index (χ4v) is 2.82. The number of phenolic OH excluding ortho intramolecular Hbond substituents is 1. The quantitative estimate of drug-likeness (QED) is 0.387. The molecule has 0 unspecified atom stereocenters. The molecule has 0 saturated carbocycles. The van der Waals surface area contributed by atoms with Crippen molar-refractivity contribution in [1.82, 2.24) is 0 Å². The molecule has 0 radical (unpaired) electrons. The third kappa shape index (κ3) is 5.27. The minimum atomic E-state index is 0.169. The number of carbonyl (C=O) groups is 1. The van der Waals surface area contributed by atoms with Gasteiger partial charge in [-0.3, -0.25) is 4.79 Å². The van der Waals surface area contributed by atoms with Crippen molar-refractivity contribution in [2.24, 2.45) is 0 Å². The maximum atomic E-state index is 10.9. The van der Waals surface area contributed by atoms with Gasteiger partial charge in [-0.15, -0.1) is 11.8 Å². The Morgan fingerprint density at radius 3 is 2.31 bits per heavy atom. The lowest BCUT2D eigenvalue weighted by Gasteiger charge is -2.14. The molecule has 2 rings (SSSR count). The fraction of sp³-hybridized carbons (Fsp3) is 0.227. The first kappa shape index (κ1) is 21.6. The number of phenols is 1. The molecule has 0 spiro atoms. The molecule has 0 aliphatic heterocycles. The van der Waals surface area contributed by atoms with Crippen LogP contribution in [0, 0.1) is 6.92 Å². The van der Waals surface area contributed by atoms with E-state index in [0.29, 0.717) is 11.3 Å². The van der Waals surface area contributed by atoms with Crippen molar-refractivity contribution in [3.8, 4) is 11.5 Å². The van der Waals surface area contributed by atoms with Gasteiger partial charge in [0, 0.05) is 22.1 Å². The van der Waals surface area contributed by atoms with Crippen LogP contribution in [0.4, 0.5) is 0 Å². The van der Waals surface area contributed by atoms with Crippen LogP contribution in [-0.2, 0) is 0 Å². The van der Waals surface area contributed by atoms with Crippen molar-refractivity contribution in [2.75, 3.05) is 13.4 Å². The first-order valence-electron chi connectivity index (χ1n) is 8.38. The van der Waals surface area contributed by atoms with Crippen LogP contribution in [0.3, 0.4) is 0 Å². The van der Waals surface area contributed by atoms with Gasteiger partial charge < -0.3 is 9.84 Å². The second-order valence-corrected chi connectivity index (χ2v) is 6.20. The highest BCUT2D eigenvalue weighted by atomic mass is 32.2. The Labute approximate surface area is 160 Å². The van der Waals surface area contributed by atoms with E-state index in [1.165, 1.54) is 0 Å². The van der Waals surface area contributed by atoms with Crippen LogP contribution in [0.1, 0.15) is 40.9 Å². The highest BCUT2D eigenvalue weighted by Crippen LogP contribution is 2.35. The van der Waals surface area contributed by atoms with Crippen molar-refractivity contribution in [1.29, 1.82) is 0 Å². The molecular weight excluding hydrogens is 344 g/mol. The smallest absolute Gasteiger partial charge is 0.150 e. The summed E-state index contributed by atoms with van der Waals surface area (Å²) in [6, 6.07) is 10.7. The minimum absolute atomic E-state index is 0.169. The average Bonchev–Trinajstić information content (AvgIpc) is 2.68. The fourth-order valence-electron chi connectivity index (χ4n) is 2.42. The summed E-state index contributed by atoms with van der Waals surface area (Å²) in [5, 5.41) is 9.76. The van der Waals surface area contributed by atoms with Gasteiger partial charge in [0.2, 0.25) is 0 Å². The third-order valence-corrected chi connectivity index (χ3v) is 4.46. The molecule has 0 bridgehead atoms. The molecule has 2 aromatic carbocycles. The number of methoxy groups -OCH3 is 1. The Balaban J connectivity index is 0.00000163. The van der Waals surface area contributed by atoms with E-state index in [0.717, 1.165) is 33.5 Å². The lowest BCUT2D eigenvalue weighted by Crippen LogP contribution is -1.93. The van der Waals surface area contributed by atoms with Crippen LogP contribution in [0.25, 0.3) is 11.6 Å². The van der Waals surface area contributed by atoms with E-state index in [1.54, 1.807) is 43.1 Å². The summed E-state index contributed by atoms with van der Waals surface area (Å²) < 4.78 is 5.41. The molecule has 3 nitrogen and oxygen atoms in total. The molecular formula is C22H26O3S. The summed E-state index contributed by atoms with van der Waals surface area (Å²) in [5.41, 5.74) is 4.34. The lowest BCUT2D eigenvalue weighted by molar-refractivity contribution is 0.112. The molecule has 0 fully saturated rings. The summed E-state index contributed by atoms with van der Waals surface area (Å²) in [6.07, 6.45) is 4.79. The first-order valence-corrected chi connectivity index (χ1v) is 9.60. The van der Waals surface area contributed by atoms with E-state index in [-0.39, 0.29) is 5.75 Å². The van der Waals surface area contributed by atoms with Gasteiger partial charge >= 0.3 is 0 Å². The Bertz CT molecular complexity index is 790. The van der Waals surface area contributed by atoms with Gasteiger partial charge in [0.15, 0.2) is 0 Å². The zero-order valence-corrected chi connectivity index (χ0v) is 16.8. The van der Waals surface area contributed by atoms with Crippen molar-refractivity contribution in [3.05, 3.63) is 70.1 Å². The number of carbonyl (C=O) groups excluding carboxylic acids is 1. The van der Waals surface area contributed by atoms with E-state index in [9.17, 15) is 9.90 Å². The minimum Gasteiger partial charge on any atom is -0.508 e. The molecule has 138 valence electrons. The summed E-state index contributed by atoms with van der Waals surface area (Å²) in [4.78, 5) is 11.8. The largest absolute Gasteiger partial charge is 0.508 e. The molecule has 0 saturated heterocycles. The van der Waals surface area contributed by atoms with Gasteiger partial charge in [-0.25, -0.2) is 0 Å². The van der Waals surface area contributed by atoms with Gasteiger partial charge in [0.25, 0.3) is 0 Å². The Morgan fingerprint density at radius 1 is 1.19 bits per heavy atom. The lowest BCUT2D eigenvalue weighted by atomic mass is 9.98. The second-order valence-electron chi connectivity index (χ2n) is 5.30. The zero-order valence-electron chi connectivity index (χ0n) is 16.0. The number of allylic oxidation sites excluding steroid dienone is 1. The van der Waals surface area contributed by atoms with Crippen LogP contribution in [0.15, 0.2) is 47.9 Å². The first-order chi connectivity index (χ1) is 12.5. The van der Waals surface area contributed by atoms with E-state index in [1.807, 2.05) is 45.2 Å². The molecule has 26 heavy (non-hydrogen) atoms. The number of aromatic hydroxyl groups is 1. The number of benzene rings is 2. The van der Waals surface area contributed by atoms with Crippen LogP contribution in [0.5, 0.6) is 11.5 Å². The molecule has 0 aromatic heterocycles. The molecule has 0 amide bonds. The topological polar surface area (TPSA) is 46.5 Å². The molecule has 0 atom stereocenters. The standard InChI is InChI=1S/C20H20O3S.C2H6/c1-13-9-17(22)10-20(23-3)18(13)11-19(14(2)24-4)16-7-5-15(12-21)6-8-16;1-2/h5-12,22H,2H2,1,3-4H3;1-2H3/b19-11+;. The molecule has 2 aromatic rings. The predicted molar refractivity (Wildman–Crippen MR) is 113 cm³/mol. The van der Waals surface area contributed by atoms with Crippen LogP contribution in [-0.4, -0.2) is 24.8 Å². The molecule has 0 aliphatic rings. The monoisotopic (exact) mass is 370 g/mol. The number of hydrogen-bond donors (Lipinski definition) is 1. The second kappa shape index (κ2) is 10.5. The van der Waals surface area contributed by atoms with E-state index in [4.69, 9.17) is 4.74 Å². The number of hydrogen-bond acceptors (Lipinski definition) is 4. The number of aldehydes is 1. The molecule has 0 aliphatic carbocycles. The number of ether oxygens (including phenoxy) is 1. The van der Waals surface area contributed by atoms with E-state index >= 15 is 0 Å². The summed E-state index contributed by atoms with van der Waals surface area (Å²) in [7, 11) is 1.58. The van der Waals surface area contributed by atoms with Crippen molar-refractivity contribution in [2.45, 2.75) is 20.8 Å². The van der Waals surface area contributed by atoms with Crippen molar-refractivity contribution >= 4 is 29.7 Å². The van der Waals surface area contributed by atoms with Crippen molar-refractivity contribution in [3.63, 3.8) is 0 Å². The van der Waals surface area contributed by atoms with Gasteiger partial charge in [-0.1, -0.05) is 44.7 Å². The Hall–Kier alpha value is -2.46. The van der Waals surface area contributed by atoms with Gasteiger partial charge in [0.1, 0.15) is 17.8 Å². The van der Waals surface area contributed by atoms with E-state index < -0.39 is 0 Å². The van der Waals surface area contributed by atoms with Crippen LogP contribution < -0.4 is 4.74 Å². The number of aryl methyl sites for hydroxylation is 1. The number of thioether (sulfide) groups is 1. The van der Waals surface area contributed by atoms with Gasteiger partial charge in [0.05, 0.1) is 7.11 Å². The van der Waals surface area contributed by atoms with E-state index in [2.05, 4.69) is 6.58 Å². The summed E-state index contributed by atoms with van der Waals surface area (Å²) in [6.45, 7) is 10.0. The number of rotatable bonds is 6. The highest BCUT2D eigenvalue weighted by molar-refractivity contribution is 8.03.